The maximum Gasteiger partial charge on any atom is 0.256 e. The molecule has 0 aliphatic heterocycles. The number of amides is 1. The van der Waals surface area contributed by atoms with Crippen LogP contribution in [0.3, 0.4) is 0 Å². The minimum Gasteiger partial charge on any atom is -0.322 e. The SMILES string of the molecule is O=C(Nc1ccc(C2CC2(Br)Br)cc1)c1ccccc1Br. The summed E-state index contributed by atoms with van der Waals surface area (Å²) in [5, 5.41) is 2.91. The lowest BCUT2D eigenvalue weighted by molar-refractivity contribution is 0.102. The van der Waals surface area contributed by atoms with Crippen molar-refractivity contribution in [1.29, 1.82) is 0 Å². The van der Waals surface area contributed by atoms with E-state index in [1.807, 2.05) is 30.3 Å². The smallest absolute Gasteiger partial charge is 0.256 e. The molecule has 2 aromatic carbocycles. The summed E-state index contributed by atoms with van der Waals surface area (Å²) in [5.41, 5.74) is 2.70. The summed E-state index contributed by atoms with van der Waals surface area (Å²) in [6, 6.07) is 15.4. The zero-order valence-electron chi connectivity index (χ0n) is 10.9. The first-order chi connectivity index (χ1) is 9.97. The van der Waals surface area contributed by atoms with Crippen molar-refractivity contribution in [3.05, 3.63) is 64.1 Å². The lowest BCUT2D eigenvalue weighted by Crippen LogP contribution is -2.12. The van der Waals surface area contributed by atoms with E-state index in [-0.39, 0.29) is 9.14 Å². The molecule has 1 saturated carbocycles. The number of halogens is 3. The number of alkyl halides is 2. The lowest BCUT2D eigenvalue weighted by Gasteiger charge is -2.08. The van der Waals surface area contributed by atoms with Crippen LogP contribution >= 0.6 is 47.8 Å². The Bertz CT molecular complexity index is 682. The van der Waals surface area contributed by atoms with Gasteiger partial charge in [0.05, 0.1) is 8.80 Å². The number of hydrogen-bond donors (Lipinski definition) is 1. The van der Waals surface area contributed by atoms with Crippen molar-refractivity contribution in [2.75, 3.05) is 5.32 Å². The van der Waals surface area contributed by atoms with Crippen molar-refractivity contribution in [3.8, 4) is 0 Å². The van der Waals surface area contributed by atoms with Crippen molar-refractivity contribution in [2.45, 2.75) is 15.6 Å². The zero-order chi connectivity index (χ0) is 15.0. The van der Waals surface area contributed by atoms with Crippen LogP contribution in [0.25, 0.3) is 0 Å². The molecule has 2 aromatic rings. The topological polar surface area (TPSA) is 29.1 Å². The first-order valence-corrected chi connectivity index (χ1v) is 8.89. The predicted molar refractivity (Wildman–Crippen MR) is 96.5 cm³/mol. The Morgan fingerprint density at radius 1 is 1.10 bits per heavy atom. The Hall–Kier alpha value is -0.650. The van der Waals surface area contributed by atoms with Crippen molar-refractivity contribution >= 4 is 59.4 Å². The summed E-state index contributed by atoms with van der Waals surface area (Å²) in [6.07, 6.45) is 1.08. The van der Waals surface area contributed by atoms with Crippen molar-refractivity contribution < 1.29 is 4.79 Å². The maximum absolute atomic E-state index is 12.2. The number of rotatable bonds is 3. The molecule has 0 heterocycles. The van der Waals surface area contributed by atoms with Gasteiger partial charge in [-0.05, 0) is 52.2 Å². The van der Waals surface area contributed by atoms with Gasteiger partial charge in [0.15, 0.2) is 0 Å². The van der Waals surface area contributed by atoms with E-state index in [1.165, 1.54) is 5.56 Å². The summed E-state index contributed by atoms with van der Waals surface area (Å²) in [5.74, 6) is 0.377. The second-order valence-corrected chi connectivity index (χ2v) is 9.82. The number of carbonyl (C=O) groups excluding carboxylic acids is 1. The van der Waals surface area contributed by atoms with E-state index in [0.29, 0.717) is 11.5 Å². The molecule has 1 unspecified atom stereocenters. The van der Waals surface area contributed by atoms with Crippen LogP contribution in [0.2, 0.25) is 0 Å². The number of carbonyl (C=O) groups is 1. The molecule has 0 saturated heterocycles. The van der Waals surface area contributed by atoms with Crippen molar-refractivity contribution in [1.82, 2.24) is 0 Å². The molecule has 1 N–H and O–H groups in total. The molecule has 0 bridgehead atoms. The van der Waals surface area contributed by atoms with E-state index < -0.39 is 0 Å². The number of anilines is 1. The van der Waals surface area contributed by atoms with Gasteiger partial charge in [-0.2, -0.15) is 0 Å². The molecule has 1 amide bonds. The van der Waals surface area contributed by atoms with E-state index in [0.717, 1.165) is 16.6 Å². The van der Waals surface area contributed by atoms with Gasteiger partial charge in [0.25, 0.3) is 5.91 Å². The first-order valence-electron chi connectivity index (χ1n) is 6.51. The van der Waals surface area contributed by atoms with Gasteiger partial charge in [-0.25, -0.2) is 0 Å². The second kappa shape index (κ2) is 5.86. The van der Waals surface area contributed by atoms with Crippen LogP contribution in [-0.2, 0) is 0 Å². The molecule has 21 heavy (non-hydrogen) atoms. The van der Waals surface area contributed by atoms with Crippen LogP contribution in [0.5, 0.6) is 0 Å². The van der Waals surface area contributed by atoms with Gasteiger partial charge >= 0.3 is 0 Å². The van der Waals surface area contributed by atoms with Crippen LogP contribution in [0.1, 0.15) is 28.3 Å². The molecule has 1 aliphatic rings. The highest BCUT2D eigenvalue weighted by atomic mass is 79.9. The van der Waals surface area contributed by atoms with Crippen molar-refractivity contribution in [3.63, 3.8) is 0 Å². The summed E-state index contributed by atoms with van der Waals surface area (Å²) in [7, 11) is 0. The van der Waals surface area contributed by atoms with E-state index in [2.05, 4.69) is 65.2 Å². The highest BCUT2D eigenvalue weighted by Gasteiger charge is 2.50. The van der Waals surface area contributed by atoms with E-state index >= 15 is 0 Å². The fraction of sp³-hybridized carbons (Fsp3) is 0.188. The summed E-state index contributed by atoms with van der Waals surface area (Å²) >= 11 is 10.6. The zero-order valence-corrected chi connectivity index (χ0v) is 15.7. The van der Waals surface area contributed by atoms with Gasteiger partial charge in [-0.1, -0.05) is 56.1 Å². The average Bonchev–Trinajstić information content (AvgIpc) is 3.09. The molecule has 0 radical (unpaired) electrons. The molecule has 1 atom stereocenters. The number of nitrogens with one attached hydrogen (secondary N) is 1. The summed E-state index contributed by atoms with van der Waals surface area (Å²) in [4.78, 5) is 12.2. The summed E-state index contributed by atoms with van der Waals surface area (Å²) < 4.78 is 0.847. The highest BCUT2D eigenvalue weighted by Crippen LogP contribution is 2.62. The lowest BCUT2D eigenvalue weighted by atomic mass is 10.1. The molecular weight excluding hydrogens is 462 g/mol. The molecule has 2 nitrogen and oxygen atoms in total. The number of benzene rings is 2. The maximum atomic E-state index is 12.2. The fourth-order valence-electron chi connectivity index (χ4n) is 2.22. The molecule has 3 rings (SSSR count). The standard InChI is InChI=1S/C16H12Br3NO/c17-14-4-2-1-3-12(14)15(21)20-11-7-5-10(6-8-11)13-9-16(13,18)19/h1-8,13H,9H2,(H,20,21). The third-order valence-electron chi connectivity index (χ3n) is 3.52. The van der Waals surface area contributed by atoms with E-state index in [1.54, 1.807) is 6.07 Å². The molecule has 1 aliphatic carbocycles. The third kappa shape index (κ3) is 3.41. The van der Waals surface area contributed by atoms with Crippen molar-refractivity contribution in [2.24, 2.45) is 0 Å². The normalized spacial score (nSPS) is 19.1. The molecule has 108 valence electrons. The summed E-state index contributed by atoms with van der Waals surface area (Å²) in [6.45, 7) is 0. The largest absolute Gasteiger partial charge is 0.322 e. The van der Waals surface area contributed by atoms with Crippen LogP contribution in [-0.4, -0.2) is 9.14 Å². The Kier molecular flexibility index (Phi) is 4.26. The van der Waals surface area contributed by atoms with Crippen LogP contribution in [0, 0.1) is 0 Å². The quantitative estimate of drug-likeness (QED) is 0.571. The molecule has 5 heteroatoms. The van der Waals surface area contributed by atoms with E-state index in [9.17, 15) is 4.79 Å². The van der Waals surface area contributed by atoms with Gasteiger partial charge in [-0.3, -0.25) is 4.79 Å². The van der Waals surface area contributed by atoms with Crippen LogP contribution in [0.4, 0.5) is 5.69 Å². The Morgan fingerprint density at radius 3 is 2.29 bits per heavy atom. The van der Waals surface area contributed by atoms with Crippen LogP contribution in [0.15, 0.2) is 53.0 Å². The third-order valence-corrected chi connectivity index (χ3v) is 5.96. The van der Waals surface area contributed by atoms with E-state index in [4.69, 9.17) is 0 Å². The molecule has 0 spiro atoms. The Labute approximate surface area is 148 Å². The second-order valence-electron chi connectivity index (χ2n) is 5.07. The van der Waals surface area contributed by atoms with Gasteiger partial charge < -0.3 is 5.32 Å². The molecule has 0 aromatic heterocycles. The number of hydrogen-bond acceptors (Lipinski definition) is 1. The van der Waals surface area contributed by atoms with Gasteiger partial charge in [-0.15, -0.1) is 0 Å². The average molecular weight is 474 g/mol. The molecular formula is C16H12Br3NO. The predicted octanol–water partition coefficient (Wildman–Crippen LogP) is 5.67. The van der Waals surface area contributed by atoms with Gasteiger partial charge in [0, 0.05) is 16.1 Å². The highest BCUT2D eigenvalue weighted by molar-refractivity contribution is 9.25. The Balaban J connectivity index is 1.71. The minimum absolute atomic E-state index is 0.0552. The van der Waals surface area contributed by atoms with Gasteiger partial charge in [0.2, 0.25) is 0 Å². The fourth-order valence-corrected chi connectivity index (χ4v) is 3.86. The molecule has 1 fully saturated rings. The van der Waals surface area contributed by atoms with Gasteiger partial charge in [0.1, 0.15) is 0 Å². The minimum atomic E-state index is -0.114. The Morgan fingerprint density at radius 2 is 1.71 bits per heavy atom. The first kappa shape index (κ1) is 15.3. The monoisotopic (exact) mass is 471 g/mol. The van der Waals surface area contributed by atoms with Crippen LogP contribution < -0.4 is 5.32 Å².